The van der Waals surface area contributed by atoms with E-state index in [-0.39, 0.29) is 0 Å². The molecular formula is C14H20N6S. The Morgan fingerprint density at radius 1 is 1.14 bits per heavy atom. The minimum absolute atomic E-state index is 0.729. The fraction of sp³-hybridized carbons (Fsp3) is 0.571. The minimum atomic E-state index is 0.729. The first-order chi connectivity index (χ1) is 10.3. The van der Waals surface area contributed by atoms with Crippen LogP contribution in [0.15, 0.2) is 18.6 Å². The van der Waals surface area contributed by atoms with Crippen molar-refractivity contribution in [2.45, 2.75) is 25.8 Å². The highest BCUT2D eigenvalue weighted by atomic mass is 32.1. The van der Waals surface area contributed by atoms with Crippen molar-refractivity contribution < 1.29 is 0 Å². The van der Waals surface area contributed by atoms with Crippen molar-refractivity contribution in [3.8, 4) is 11.5 Å². The van der Waals surface area contributed by atoms with Gasteiger partial charge >= 0.3 is 0 Å². The van der Waals surface area contributed by atoms with Crippen LogP contribution in [0.2, 0.25) is 0 Å². The average Bonchev–Trinajstić information content (AvgIpc) is 2.82. The van der Waals surface area contributed by atoms with Crippen LogP contribution in [0, 0.1) is 4.77 Å². The highest BCUT2D eigenvalue weighted by molar-refractivity contribution is 7.71. The lowest BCUT2D eigenvalue weighted by Gasteiger charge is -2.26. The van der Waals surface area contributed by atoms with Crippen molar-refractivity contribution in [1.29, 1.82) is 0 Å². The van der Waals surface area contributed by atoms with E-state index in [1.54, 1.807) is 23.3 Å². The molecule has 2 aromatic rings. The molecule has 6 nitrogen and oxygen atoms in total. The average molecular weight is 304 g/mol. The van der Waals surface area contributed by atoms with E-state index < -0.39 is 0 Å². The lowest BCUT2D eigenvalue weighted by molar-refractivity contribution is 0.220. The van der Waals surface area contributed by atoms with Gasteiger partial charge in [-0.2, -0.15) is 5.10 Å². The predicted molar refractivity (Wildman–Crippen MR) is 83.3 cm³/mol. The highest BCUT2D eigenvalue weighted by Gasteiger charge is 2.15. The molecule has 3 heterocycles. The second-order valence-electron chi connectivity index (χ2n) is 5.37. The lowest BCUT2D eigenvalue weighted by Crippen LogP contribution is -2.32. The zero-order valence-electron chi connectivity index (χ0n) is 12.3. The first-order valence-corrected chi connectivity index (χ1v) is 7.79. The van der Waals surface area contributed by atoms with Crippen LogP contribution in [0.3, 0.4) is 0 Å². The molecule has 2 aromatic heterocycles. The van der Waals surface area contributed by atoms with E-state index in [0.29, 0.717) is 0 Å². The highest BCUT2D eigenvalue weighted by Crippen LogP contribution is 2.15. The summed E-state index contributed by atoms with van der Waals surface area (Å²) in [6, 6.07) is 0. The summed E-state index contributed by atoms with van der Waals surface area (Å²) in [5.41, 5.74) is 0.767. The van der Waals surface area contributed by atoms with Crippen molar-refractivity contribution in [2.75, 3.05) is 19.6 Å². The van der Waals surface area contributed by atoms with Crippen LogP contribution in [0.25, 0.3) is 11.5 Å². The summed E-state index contributed by atoms with van der Waals surface area (Å²) >= 11 is 5.48. The molecule has 0 amide bonds. The molecule has 1 aliphatic rings. The van der Waals surface area contributed by atoms with Crippen molar-refractivity contribution in [2.24, 2.45) is 7.05 Å². The van der Waals surface area contributed by atoms with Gasteiger partial charge in [-0.15, -0.1) is 0 Å². The predicted octanol–water partition coefficient (Wildman–Crippen LogP) is 1.89. The van der Waals surface area contributed by atoms with Crippen LogP contribution in [-0.2, 0) is 13.6 Å². The van der Waals surface area contributed by atoms with Gasteiger partial charge in [-0.1, -0.05) is 6.42 Å². The van der Waals surface area contributed by atoms with E-state index >= 15 is 0 Å². The normalized spacial score (nSPS) is 16.2. The van der Waals surface area contributed by atoms with Gasteiger partial charge in [-0.3, -0.25) is 9.55 Å². The maximum atomic E-state index is 5.48. The van der Waals surface area contributed by atoms with E-state index in [1.807, 2.05) is 7.05 Å². The van der Waals surface area contributed by atoms with E-state index in [9.17, 15) is 0 Å². The quantitative estimate of drug-likeness (QED) is 0.808. The van der Waals surface area contributed by atoms with Gasteiger partial charge in [0.05, 0.1) is 6.20 Å². The van der Waals surface area contributed by atoms with Gasteiger partial charge in [-0.25, -0.2) is 9.67 Å². The second kappa shape index (κ2) is 6.44. The summed E-state index contributed by atoms with van der Waals surface area (Å²) in [4.78, 5) is 11.0. The van der Waals surface area contributed by atoms with Crippen LogP contribution in [0.1, 0.15) is 19.3 Å². The first-order valence-electron chi connectivity index (χ1n) is 7.38. The standard InChI is InChI=1S/C14H20N6S/c1-18-14(21)20(10-9-19-7-3-2-4-8-19)13(17-18)12-11-15-5-6-16-12/h5-6,11H,2-4,7-10H2,1H3. The van der Waals surface area contributed by atoms with Crippen molar-refractivity contribution in [3.63, 3.8) is 0 Å². The van der Waals surface area contributed by atoms with Gasteiger partial charge in [0.2, 0.25) is 0 Å². The van der Waals surface area contributed by atoms with Gasteiger partial charge < -0.3 is 4.90 Å². The van der Waals surface area contributed by atoms with Crippen molar-refractivity contribution in [3.05, 3.63) is 23.4 Å². The number of rotatable bonds is 4. The molecule has 3 rings (SSSR count). The zero-order chi connectivity index (χ0) is 14.7. The molecular weight excluding hydrogens is 284 g/mol. The molecule has 1 fully saturated rings. The summed E-state index contributed by atoms with van der Waals surface area (Å²) < 4.78 is 4.52. The van der Waals surface area contributed by atoms with Gasteiger partial charge in [0, 0.05) is 32.5 Å². The van der Waals surface area contributed by atoms with Crippen LogP contribution < -0.4 is 0 Å². The van der Waals surface area contributed by atoms with Gasteiger partial charge in [-0.05, 0) is 38.1 Å². The first kappa shape index (κ1) is 14.3. The minimum Gasteiger partial charge on any atom is -0.302 e. The Balaban J connectivity index is 1.82. The topological polar surface area (TPSA) is 51.8 Å². The molecule has 0 bridgehead atoms. The molecule has 1 aliphatic heterocycles. The summed E-state index contributed by atoms with van der Waals surface area (Å²) in [5, 5.41) is 4.50. The van der Waals surface area contributed by atoms with E-state index in [1.165, 1.54) is 32.4 Å². The summed E-state index contributed by atoms with van der Waals surface area (Å²) in [5.74, 6) is 0.799. The fourth-order valence-electron chi connectivity index (χ4n) is 2.73. The molecule has 7 heteroatoms. The number of likely N-dealkylation sites (tertiary alicyclic amines) is 1. The van der Waals surface area contributed by atoms with Crippen LogP contribution >= 0.6 is 12.2 Å². The number of aromatic nitrogens is 5. The molecule has 0 radical (unpaired) electrons. The molecule has 0 aromatic carbocycles. The Morgan fingerprint density at radius 2 is 1.95 bits per heavy atom. The zero-order valence-corrected chi connectivity index (χ0v) is 13.1. The largest absolute Gasteiger partial charge is 0.302 e. The number of hydrogen-bond donors (Lipinski definition) is 0. The van der Waals surface area contributed by atoms with Gasteiger partial charge in [0.1, 0.15) is 5.69 Å². The van der Waals surface area contributed by atoms with Crippen LogP contribution in [0.4, 0.5) is 0 Å². The molecule has 0 atom stereocenters. The number of hydrogen-bond acceptors (Lipinski definition) is 5. The van der Waals surface area contributed by atoms with E-state index in [4.69, 9.17) is 12.2 Å². The summed E-state index contributed by atoms with van der Waals surface area (Å²) in [6.45, 7) is 4.23. The third-order valence-corrected chi connectivity index (χ3v) is 4.37. The van der Waals surface area contributed by atoms with Crippen LogP contribution in [-0.4, -0.2) is 48.8 Å². The van der Waals surface area contributed by atoms with Gasteiger partial charge in [0.15, 0.2) is 10.6 Å². The third-order valence-electron chi connectivity index (χ3n) is 3.89. The molecule has 21 heavy (non-hydrogen) atoms. The Kier molecular flexibility index (Phi) is 4.40. The lowest BCUT2D eigenvalue weighted by atomic mass is 10.1. The smallest absolute Gasteiger partial charge is 0.197 e. The molecule has 112 valence electrons. The van der Waals surface area contributed by atoms with E-state index in [0.717, 1.165) is 29.4 Å². The number of nitrogens with zero attached hydrogens (tertiary/aromatic N) is 6. The van der Waals surface area contributed by atoms with E-state index in [2.05, 4.69) is 24.5 Å². The monoisotopic (exact) mass is 304 g/mol. The summed E-state index contributed by atoms with van der Waals surface area (Å²) in [6.07, 6.45) is 9.04. The molecule has 1 saturated heterocycles. The fourth-order valence-corrected chi connectivity index (χ4v) is 2.95. The molecule has 0 saturated carbocycles. The van der Waals surface area contributed by atoms with Crippen molar-refractivity contribution in [1.82, 2.24) is 29.2 Å². The number of piperidine rings is 1. The Bertz CT molecular complexity index is 641. The van der Waals surface area contributed by atoms with Gasteiger partial charge in [0.25, 0.3) is 0 Å². The van der Waals surface area contributed by atoms with Crippen LogP contribution in [0.5, 0.6) is 0 Å². The Morgan fingerprint density at radius 3 is 2.67 bits per heavy atom. The maximum absolute atomic E-state index is 5.48. The van der Waals surface area contributed by atoms with Crippen molar-refractivity contribution >= 4 is 12.2 Å². The Labute approximate surface area is 129 Å². The maximum Gasteiger partial charge on any atom is 0.197 e. The molecule has 0 N–H and O–H groups in total. The number of aryl methyl sites for hydroxylation is 1. The second-order valence-corrected chi connectivity index (χ2v) is 5.74. The molecule has 0 aliphatic carbocycles. The Hall–Kier alpha value is -1.60. The SMILES string of the molecule is Cn1nc(-c2cnccn2)n(CCN2CCCCC2)c1=S. The molecule has 0 spiro atoms. The third kappa shape index (κ3) is 3.19. The summed E-state index contributed by atoms with van der Waals surface area (Å²) in [7, 11) is 1.87. The molecule has 0 unspecified atom stereocenters.